The van der Waals surface area contributed by atoms with Crippen LogP contribution in [0, 0.1) is 5.41 Å². The lowest BCUT2D eigenvalue weighted by atomic mass is 9.79. The van der Waals surface area contributed by atoms with Gasteiger partial charge in [0.05, 0.1) is 5.41 Å². The second-order valence-electron chi connectivity index (χ2n) is 5.23. The van der Waals surface area contributed by atoms with Crippen molar-refractivity contribution in [1.29, 1.82) is 0 Å². The van der Waals surface area contributed by atoms with Gasteiger partial charge in [-0.3, -0.25) is 4.79 Å². The molecule has 1 heterocycles. The Hall–Kier alpha value is -0.810. The van der Waals surface area contributed by atoms with E-state index in [2.05, 4.69) is 5.32 Å². The molecule has 0 aliphatic carbocycles. The van der Waals surface area contributed by atoms with Gasteiger partial charge in [-0.25, -0.2) is 0 Å². The summed E-state index contributed by atoms with van der Waals surface area (Å²) in [6.45, 7) is 2.19. The van der Waals surface area contributed by atoms with Crippen molar-refractivity contribution < 1.29 is 9.53 Å². The van der Waals surface area contributed by atoms with Gasteiger partial charge in [-0.15, -0.1) is 12.4 Å². The zero-order valence-corrected chi connectivity index (χ0v) is 13.5. The fourth-order valence-corrected chi connectivity index (χ4v) is 2.70. The maximum Gasteiger partial charge on any atom is 0.227 e. The van der Waals surface area contributed by atoms with Gasteiger partial charge in [0.15, 0.2) is 0 Å². The first-order valence-corrected chi connectivity index (χ1v) is 7.35. The number of rotatable bonds is 5. The van der Waals surface area contributed by atoms with Crippen LogP contribution in [0.15, 0.2) is 24.3 Å². The second kappa shape index (κ2) is 8.59. The van der Waals surface area contributed by atoms with E-state index in [4.69, 9.17) is 22.1 Å². The fourth-order valence-electron chi connectivity index (χ4n) is 2.49. The van der Waals surface area contributed by atoms with E-state index in [1.165, 1.54) is 0 Å². The van der Waals surface area contributed by atoms with E-state index >= 15 is 0 Å². The minimum Gasteiger partial charge on any atom is -0.381 e. The van der Waals surface area contributed by atoms with Crippen LogP contribution in [-0.4, -0.2) is 32.2 Å². The Morgan fingerprint density at radius 3 is 2.71 bits per heavy atom. The van der Waals surface area contributed by atoms with Gasteiger partial charge in [-0.1, -0.05) is 23.7 Å². The highest BCUT2D eigenvalue weighted by atomic mass is 35.5. The van der Waals surface area contributed by atoms with E-state index in [-0.39, 0.29) is 18.3 Å². The number of amides is 1. The van der Waals surface area contributed by atoms with Gasteiger partial charge >= 0.3 is 0 Å². The normalized spacial score (nSPS) is 16.9. The van der Waals surface area contributed by atoms with Gasteiger partial charge < -0.3 is 15.8 Å². The maximum absolute atomic E-state index is 12.3. The average Bonchev–Trinajstić information content (AvgIpc) is 2.48. The summed E-state index contributed by atoms with van der Waals surface area (Å²) in [6.07, 6.45) is 2.17. The highest BCUT2D eigenvalue weighted by Gasteiger charge is 2.38. The number of benzene rings is 1. The van der Waals surface area contributed by atoms with Gasteiger partial charge in [-0.2, -0.15) is 0 Å². The van der Waals surface area contributed by atoms with Crippen LogP contribution in [0.4, 0.5) is 0 Å². The molecule has 1 saturated heterocycles. The molecule has 2 rings (SSSR count). The predicted octanol–water partition coefficient (Wildman–Crippen LogP) is 2.18. The van der Waals surface area contributed by atoms with Crippen molar-refractivity contribution in [3.8, 4) is 0 Å². The first-order valence-electron chi connectivity index (χ1n) is 6.97. The van der Waals surface area contributed by atoms with E-state index in [1.807, 2.05) is 24.3 Å². The molecule has 0 spiro atoms. The SMILES string of the molecule is Cl.NCC1(C(=O)NCCc2cccc(Cl)c2)CCOCC1. The average molecular weight is 333 g/mol. The summed E-state index contributed by atoms with van der Waals surface area (Å²) in [6, 6.07) is 7.68. The summed E-state index contributed by atoms with van der Waals surface area (Å²) in [5, 5.41) is 3.71. The van der Waals surface area contributed by atoms with Crippen LogP contribution in [0.25, 0.3) is 0 Å². The molecule has 0 atom stereocenters. The van der Waals surface area contributed by atoms with Crippen LogP contribution in [0.2, 0.25) is 5.02 Å². The Morgan fingerprint density at radius 2 is 2.10 bits per heavy atom. The quantitative estimate of drug-likeness (QED) is 0.868. The molecule has 6 heteroatoms. The number of nitrogens with two attached hydrogens (primary N) is 1. The third kappa shape index (κ3) is 4.85. The van der Waals surface area contributed by atoms with Gasteiger partial charge in [0.2, 0.25) is 5.91 Å². The maximum atomic E-state index is 12.3. The van der Waals surface area contributed by atoms with Crippen molar-refractivity contribution in [3.05, 3.63) is 34.9 Å². The van der Waals surface area contributed by atoms with Crippen molar-refractivity contribution in [3.63, 3.8) is 0 Å². The van der Waals surface area contributed by atoms with Crippen molar-refractivity contribution in [2.45, 2.75) is 19.3 Å². The summed E-state index contributed by atoms with van der Waals surface area (Å²) in [5.41, 5.74) is 6.47. The summed E-state index contributed by atoms with van der Waals surface area (Å²) >= 11 is 5.93. The molecular formula is C15H22Cl2N2O2. The Kier molecular flexibility index (Phi) is 7.46. The summed E-state index contributed by atoms with van der Waals surface area (Å²) in [7, 11) is 0. The van der Waals surface area contributed by atoms with Crippen LogP contribution >= 0.6 is 24.0 Å². The number of ether oxygens (including phenoxy) is 1. The monoisotopic (exact) mass is 332 g/mol. The van der Waals surface area contributed by atoms with Gasteiger partial charge in [0.25, 0.3) is 0 Å². The molecular weight excluding hydrogens is 311 g/mol. The lowest BCUT2D eigenvalue weighted by Crippen LogP contribution is -2.49. The number of hydrogen-bond donors (Lipinski definition) is 2. The second-order valence-corrected chi connectivity index (χ2v) is 5.67. The van der Waals surface area contributed by atoms with Crippen LogP contribution < -0.4 is 11.1 Å². The minimum atomic E-state index is -0.452. The third-order valence-electron chi connectivity index (χ3n) is 3.91. The smallest absolute Gasteiger partial charge is 0.227 e. The van der Waals surface area contributed by atoms with Crippen molar-refractivity contribution >= 4 is 29.9 Å². The molecule has 4 nitrogen and oxygen atoms in total. The van der Waals surface area contributed by atoms with Crippen LogP contribution in [0.3, 0.4) is 0 Å². The lowest BCUT2D eigenvalue weighted by molar-refractivity contribution is -0.135. The molecule has 21 heavy (non-hydrogen) atoms. The first-order chi connectivity index (χ1) is 9.66. The summed E-state index contributed by atoms with van der Waals surface area (Å²) in [5.74, 6) is 0.0466. The van der Waals surface area contributed by atoms with Gasteiger partial charge in [0, 0.05) is 31.3 Å². The molecule has 1 aromatic rings. The largest absolute Gasteiger partial charge is 0.381 e. The molecule has 0 radical (unpaired) electrons. The van der Waals surface area contributed by atoms with Crippen molar-refractivity contribution in [1.82, 2.24) is 5.32 Å². The summed E-state index contributed by atoms with van der Waals surface area (Å²) < 4.78 is 5.31. The Morgan fingerprint density at radius 1 is 1.38 bits per heavy atom. The number of hydrogen-bond acceptors (Lipinski definition) is 3. The van der Waals surface area contributed by atoms with E-state index in [1.54, 1.807) is 0 Å². The molecule has 3 N–H and O–H groups in total. The Bertz CT molecular complexity index is 463. The van der Waals surface area contributed by atoms with E-state index in [0.29, 0.717) is 39.1 Å². The zero-order chi connectivity index (χ0) is 14.4. The molecule has 0 unspecified atom stereocenters. The zero-order valence-electron chi connectivity index (χ0n) is 11.9. The molecule has 0 aromatic heterocycles. The van der Waals surface area contributed by atoms with Crippen LogP contribution in [0.1, 0.15) is 18.4 Å². The van der Waals surface area contributed by atoms with E-state index in [9.17, 15) is 4.79 Å². The number of nitrogens with one attached hydrogen (secondary N) is 1. The minimum absolute atomic E-state index is 0. The molecule has 1 aliphatic rings. The van der Waals surface area contributed by atoms with Crippen molar-refractivity contribution in [2.24, 2.45) is 11.1 Å². The molecule has 1 aromatic carbocycles. The molecule has 118 valence electrons. The Balaban J connectivity index is 0.00000220. The number of carbonyl (C=O) groups is 1. The Labute approximate surface area is 136 Å². The number of carbonyl (C=O) groups excluding carboxylic acids is 1. The standard InChI is InChI=1S/C15H21ClN2O2.ClH/c16-13-3-1-2-12(10-13)4-7-18-14(19)15(11-17)5-8-20-9-6-15;/h1-3,10H,4-9,11,17H2,(H,18,19);1H. The molecule has 0 saturated carbocycles. The molecule has 1 amide bonds. The lowest BCUT2D eigenvalue weighted by Gasteiger charge is -2.34. The van der Waals surface area contributed by atoms with Crippen LogP contribution in [0.5, 0.6) is 0 Å². The molecule has 1 fully saturated rings. The number of halogens is 2. The van der Waals surface area contributed by atoms with E-state index < -0.39 is 5.41 Å². The fraction of sp³-hybridized carbons (Fsp3) is 0.533. The van der Waals surface area contributed by atoms with Gasteiger partial charge in [-0.05, 0) is 37.0 Å². The first kappa shape index (κ1) is 18.2. The van der Waals surface area contributed by atoms with Gasteiger partial charge in [0.1, 0.15) is 0 Å². The van der Waals surface area contributed by atoms with E-state index in [0.717, 1.165) is 17.0 Å². The summed E-state index contributed by atoms with van der Waals surface area (Å²) in [4.78, 5) is 12.3. The topological polar surface area (TPSA) is 64.4 Å². The van der Waals surface area contributed by atoms with Crippen molar-refractivity contribution in [2.75, 3.05) is 26.3 Å². The highest BCUT2D eigenvalue weighted by Crippen LogP contribution is 2.29. The predicted molar refractivity (Wildman–Crippen MR) is 87.0 cm³/mol. The molecule has 1 aliphatic heterocycles. The van der Waals surface area contributed by atoms with Crippen LogP contribution in [-0.2, 0) is 16.0 Å². The third-order valence-corrected chi connectivity index (χ3v) is 4.15. The molecule has 0 bridgehead atoms. The highest BCUT2D eigenvalue weighted by molar-refractivity contribution is 6.30.